The number of rotatable bonds is 4. The van der Waals surface area contributed by atoms with Crippen LogP contribution < -0.4 is 0 Å². The van der Waals surface area contributed by atoms with Crippen LogP contribution in [0.2, 0.25) is 0 Å². The maximum atomic E-state index is 11.5. The Balaban J connectivity index is 1.88. The topological polar surface area (TPSA) is 39.2 Å². The van der Waals surface area contributed by atoms with Gasteiger partial charge in [0.25, 0.3) is 0 Å². The van der Waals surface area contributed by atoms with Gasteiger partial charge in [0, 0.05) is 26.4 Å². The quantitative estimate of drug-likeness (QED) is 0.680. The van der Waals surface area contributed by atoms with Crippen LogP contribution in [0, 0.1) is 0 Å². The van der Waals surface area contributed by atoms with E-state index < -0.39 is 0 Å². The first-order chi connectivity index (χ1) is 9.78. The van der Waals surface area contributed by atoms with Gasteiger partial charge < -0.3 is 4.74 Å². The van der Waals surface area contributed by atoms with Crippen LogP contribution in [0.25, 0.3) is 20.7 Å². The number of hydrogen-bond donors (Lipinski definition) is 0. The number of thiazole rings is 1. The molecule has 0 aliphatic heterocycles. The Bertz CT molecular complexity index is 745. The Morgan fingerprint density at radius 1 is 1.25 bits per heavy atom. The van der Waals surface area contributed by atoms with Crippen molar-refractivity contribution < 1.29 is 9.53 Å². The fourth-order valence-electron chi connectivity index (χ4n) is 2.02. The van der Waals surface area contributed by atoms with Gasteiger partial charge in [-0.3, -0.25) is 4.79 Å². The molecule has 0 unspecified atom stereocenters. The average molecular weight is 303 g/mol. The molecular formula is C15H13NO2S2. The molecule has 3 rings (SSSR count). The summed E-state index contributed by atoms with van der Waals surface area (Å²) < 4.78 is 6.20. The van der Waals surface area contributed by atoms with Crippen LogP contribution >= 0.6 is 22.7 Å². The molecule has 3 nitrogen and oxygen atoms in total. The molecule has 0 bridgehead atoms. The van der Waals surface area contributed by atoms with E-state index in [0.717, 1.165) is 16.3 Å². The van der Waals surface area contributed by atoms with Gasteiger partial charge in [-0.05, 0) is 13.0 Å². The van der Waals surface area contributed by atoms with Crippen LogP contribution in [0.5, 0.6) is 0 Å². The molecule has 0 atom stereocenters. The molecule has 1 aromatic carbocycles. The lowest BCUT2D eigenvalue weighted by Gasteiger charge is -1.98. The van der Waals surface area contributed by atoms with E-state index in [9.17, 15) is 4.79 Å². The second-order valence-corrected chi connectivity index (χ2v) is 6.04. The number of ether oxygens (including phenoxy) is 1. The van der Waals surface area contributed by atoms with E-state index in [1.165, 1.54) is 10.1 Å². The van der Waals surface area contributed by atoms with E-state index >= 15 is 0 Å². The third-order valence-electron chi connectivity index (χ3n) is 2.89. The molecule has 0 saturated heterocycles. The van der Waals surface area contributed by atoms with Crippen molar-refractivity contribution in [2.45, 2.75) is 13.3 Å². The molecule has 102 valence electrons. The normalized spacial score (nSPS) is 10.8. The van der Waals surface area contributed by atoms with E-state index in [4.69, 9.17) is 4.74 Å². The van der Waals surface area contributed by atoms with Gasteiger partial charge in [-0.2, -0.15) is 0 Å². The first-order valence-corrected chi connectivity index (χ1v) is 8.10. The van der Waals surface area contributed by atoms with Crippen LogP contribution in [0.15, 0.2) is 35.0 Å². The summed E-state index contributed by atoms with van der Waals surface area (Å²) in [7, 11) is 0. The summed E-state index contributed by atoms with van der Waals surface area (Å²) in [6.45, 7) is 2.22. The summed E-state index contributed by atoms with van der Waals surface area (Å²) in [5.41, 5.74) is 1.92. The van der Waals surface area contributed by atoms with Crippen molar-refractivity contribution in [2.75, 3.05) is 6.61 Å². The first kappa shape index (κ1) is 13.3. The summed E-state index contributed by atoms with van der Waals surface area (Å²) in [4.78, 5) is 16.0. The third kappa shape index (κ3) is 2.59. The minimum atomic E-state index is -0.223. The summed E-state index contributed by atoms with van der Waals surface area (Å²) in [5, 5.41) is 6.23. The number of carbonyl (C=O) groups is 1. The van der Waals surface area contributed by atoms with Crippen molar-refractivity contribution in [3.8, 4) is 10.6 Å². The van der Waals surface area contributed by atoms with E-state index in [1.54, 1.807) is 22.7 Å². The Hall–Kier alpha value is -1.72. The Morgan fingerprint density at radius 3 is 2.95 bits per heavy atom. The maximum absolute atomic E-state index is 11.5. The van der Waals surface area contributed by atoms with Crippen molar-refractivity contribution >= 4 is 38.7 Å². The predicted molar refractivity (Wildman–Crippen MR) is 83.3 cm³/mol. The molecule has 2 heterocycles. The van der Waals surface area contributed by atoms with Gasteiger partial charge in [-0.25, -0.2) is 4.98 Å². The van der Waals surface area contributed by atoms with E-state index in [1.807, 2.05) is 24.4 Å². The number of aromatic nitrogens is 1. The van der Waals surface area contributed by atoms with Crippen LogP contribution in [-0.4, -0.2) is 17.6 Å². The number of benzene rings is 1. The van der Waals surface area contributed by atoms with Crippen molar-refractivity contribution in [1.29, 1.82) is 0 Å². The number of nitrogens with zero attached hydrogens (tertiary/aromatic N) is 1. The lowest BCUT2D eigenvalue weighted by molar-refractivity contribution is -0.142. The van der Waals surface area contributed by atoms with Crippen LogP contribution in [-0.2, 0) is 16.0 Å². The Kier molecular flexibility index (Phi) is 3.80. The number of carbonyl (C=O) groups excluding carboxylic acids is 1. The minimum absolute atomic E-state index is 0.223. The minimum Gasteiger partial charge on any atom is -0.466 e. The summed E-state index contributed by atoms with van der Waals surface area (Å²) in [6.07, 6.45) is 0.242. The molecule has 0 aliphatic rings. The summed E-state index contributed by atoms with van der Waals surface area (Å²) in [6, 6.07) is 8.28. The number of fused-ring (bicyclic) bond motifs is 1. The van der Waals surface area contributed by atoms with Gasteiger partial charge in [0.1, 0.15) is 5.01 Å². The molecule has 0 spiro atoms. The van der Waals surface area contributed by atoms with Crippen molar-refractivity contribution in [3.63, 3.8) is 0 Å². The standard InChI is InChI=1S/C15H13NO2S2/c1-2-18-14(17)7-10-8-20-15(16-10)12-9-19-13-6-4-3-5-11(12)13/h3-6,8-9H,2,7H2,1H3. The van der Waals surface area contributed by atoms with E-state index in [2.05, 4.69) is 22.5 Å². The number of esters is 1. The zero-order valence-electron chi connectivity index (χ0n) is 11.0. The zero-order chi connectivity index (χ0) is 13.9. The second kappa shape index (κ2) is 5.73. The molecule has 0 amide bonds. The summed E-state index contributed by atoms with van der Waals surface area (Å²) in [5.74, 6) is -0.223. The number of thiophene rings is 1. The molecular weight excluding hydrogens is 290 g/mol. The maximum Gasteiger partial charge on any atom is 0.311 e. The van der Waals surface area contributed by atoms with Crippen LogP contribution in [0.3, 0.4) is 0 Å². The van der Waals surface area contributed by atoms with Crippen LogP contribution in [0.4, 0.5) is 0 Å². The van der Waals surface area contributed by atoms with Crippen molar-refractivity contribution in [2.24, 2.45) is 0 Å². The van der Waals surface area contributed by atoms with Gasteiger partial charge in [0.2, 0.25) is 0 Å². The van der Waals surface area contributed by atoms with E-state index in [-0.39, 0.29) is 12.4 Å². The fourth-order valence-corrected chi connectivity index (χ4v) is 3.88. The van der Waals surface area contributed by atoms with Gasteiger partial charge in [0.05, 0.1) is 18.7 Å². The molecule has 0 aliphatic carbocycles. The lowest BCUT2D eigenvalue weighted by Crippen LogP contribution is -2.07. The second-order valence-electron chi connectivity index (χ2n) is 4.27. The molecule has 0 saturated carbocycles. The molecule has 2 aromatic heterocycles. The van der Waals surface area contributed by atoms with Gasteiger partial charge >= 0.3 is 5.97 Å². The molecule has 0 N–H and O–H groups in total. The molecule has 0 radical (unpaired) electrons. The van der Waals surface area contributed by atoms with Crippen molar-refractivity contribution in [1.82, 2.24) is 4.98 Å². The molecule has 0 fully saturated rings. The average Bonchev–Trinajstić information content (AvgIpc) is 3.05. The highest BCUT2D eigenvalue weighted by molar-refractivity contribution is 7.18. The smallest absolute Gasteiger partial charge is 0.311 e. The molecule has 3 aromatic rings. The highest BCUT2D eigenvalue weighted by atomic mass is 32.1. The fraction of sp³-hybridized carbons (Fsp3) is 0.200. The van der Waals surface area contributed by atoms with Crippen molar-refractivity contribution in [3.05, 3.63) is 40.7 Å². The lowest BCUT2D eigenvalue weighted by atomic mass is 10.2. The molecule has 5 heteroatoms. The monoisotopic (exact) mass is 303 g/mol. The number of hydrogen-bond acceptors (Lipinski definition) is 5. The largest absolute Gasteiger partial charge is 0.466 e. The highest BCUT2D eigenvalue weighted by Crippen LogP contribution is 2.35. The molecule has 20 heavy (non-hydrogen) atoms. The zero-order valence-corrected chi connectivity index (χ0v) is 12.6. The highest BCUT2D eigenvalue weighted by Gasteiger charge is 2.12. The first-order valence-electron chi connectivity index (χ1n) is 6.34. The van der Waals surface area contributed by atoms with E-state index in [0.29, 0.717) is 6.61 Å². The third-order valence-corrected chi connectivity index (χ3v) is 4.78. The van der Waals surface area contributed by atoms with Gasteiger partial charge in [0.15, 0.2) is 0 Å². The SMILES string of the molecule is CCOC(=O)Cc1csc(-c2csc3ccccc23)n1. The predicted octanol–water partition coefficient (Wildman–Crippen LogP) is 4.13. The summed E-state index contributed by atoms with van der Waals surface area (Å²) >= 11 is 3.29. The van der Waals surface area contributed by atoms with Gasteiger partial charge in [-0.15, -0.1) is 22.7 Å². The van der Waals surface area contributed by atoms with Gasteiger partial charge in [-0.1, -0.05) is 18.2 Å². The Morgan fingerprint density at radius 2 is 2.10 bits per heavy atom. The van der Waals surface area contributed by atoms with Crippen LogP contribution in [0.1, 0.15) is 12.6 Å². The Labute approximate surface area is 124 Å².